The third kappa shape index (κ3) is 8.96. The van der Waals surface area contributed by atoms with E-state index in [9.17, 15) is 0 Å². The highest BCUT2D eigenvalue weighted by Crippen LogP contribution is 2.35. The van der Waals surface area contributed by atoms with E-state index >= 15 is 0 Å². The van der Waals surface area contributed by atoms with Crippen molar-refractivity contribution in [2.45, 2.75) is 104 Å². The van der Waals surface area contributed by atoms with Crippen molar-refractivity contribution in [3.63, 3.8) is 0 Å². The van der Waals surface area contributed by atoms with Gasteiger partial charge >= 0.3 is 7.69 Å². The third-order valence-corrected chi connectivity index (χ3v) is 7.17. The van der Waals surface area contributed by atoms with E-state index in [1.165, 1.54) is 119 Å². The standard InChI is InChI=1S/C30H42.C2H4BO2/c1-3-5-7-9-11-13-19-25-26(20-14-12-10-8-6-4-2)28-22-16-18-24-30(28)29-23-17-15-21-27(25)29;1-2-5-3-4-1/h15-18,21-24H,3-14,19-20H2,1-2H3;1-2H2. The topological polar surface area (TPSA) is 18.5 Å². The molecule has 0 spiro atoms. The lowest BCUT2D eigenvalue weighted by Crippen LogP contribution is -2.00. The Morgan fingerprint density at radius 1 is 0.514 bits per heavy atom. The van der Waals surface area contributed by atoms with Gasteiger partial charge in [0.2, 0.25) is 0 Å². The van der Waals surface area contributed by atoms with Crippen molar-refractivity contribution >= 4 is 29.2 Å². The van der Waals surface area contributed by atoms with Crippen molar-refractivity contribution in [2.24, 2.45) is 0 Å². The summed E-state index contributed by atoms with van der Waals surface area (Å²) in [5.74, 6) is 0. The maximum Gasteiger partial charge on any atom is 0.488 e. The fourth-order valence-corrected chi connectivity index (χ4v) is 5.26. The zero-order valence-corrected chi connectivity index (χ0v) is 22.3. The third-order valence-electron chi connectivity index (χ3n) is 7.17. The second-order valence-electron chi connectivity index (χ2n) is 9.92. The van der Waals surface area contributed by atoms with E-state index < -0.39 is 0 Å². The van der Waals surface area contributed by atoms with Gasteiger partial charge in [-0.05, 0) is 58.4 Å². The molecule has 35 heavy (non-hydrogen) atoms. The number of rotatable bonds is 14. The summed E-state index contributed by atoms with van der Waals surface area (Å²) >= 11 is 0. The molecule has 0 amide bonds. The van der Waals surface area contributed by atoms with Gasteiger partial charge in [0.25, 0.3) is 0 Å². The summed E-state index contributed by atoms with van der Waals surface area (Å²) in [6.45, 7) is 6.05. The van der Waals surface area contributed by atoms with Gasteiger partial charge in [-0.2, -0.15) is 0 Å². The molecule has 0 N–H and O–H groups in total. The molecule has 1 aliphatic rings. The molecule has 3 heteroatoms. The lowest BCUT2D eigenvalue weighted by molar-refractivity contribution is 0.365. The summed E-state index contributed by atoms with van der Waals surface area (Å²) in [4.78, 5) is 0. The molecular weight excluding hydrogens is 427 g/mol. The molecule has 3 aromatic rings. The summed E-state index contributed by atoms with van der Waals surface area (Å²) < 4.78 is 9.19. The number of benzene rings is 3. The Balaban J connectivity index is 0.000000607. The van der Waals surface area contributed by atoms with Gasteiger partial charge in [0.1, 0.15) is 0 Å². The summed E-state index contributed by atoms with van der Waals surface area (Å²) in [6, 6.07) is 18.3. The van der Waals surface area contributed by atoms with Crippen LogP contribution >= 0.6 is 0 Å². The molecule has 0 bridgehead atoms. The second-order valence-corrected chi connectivity index (χ2v) is 9.92. The Labute approximate surface area is 215 Å². The zero-order valence-electron chi connectivity index (χ0n) is 22.3. The zero-order chi connectivity index (χ0) is 24.6. The Bertz CT molecular complexity index is 898. The summed E-state index contributed by atoms with van der Waals surface area (Å²) in [7, 11) is 1.36. The van der Waals surface area contributed by atoms with Gasteiger partial charge in [-0.15, -0.1) is 0 Å². The van der Waals surface area contributed by atoms with Crippen molar-refractivity contribution < 1.29 is 9.31 Å². The minimum atomic E-state index is 0.722. The number of hydrogen-bond acceptors (Lipinski definition) is 2. The predicted octanol–water partition coefficient (Wildman–Crippen LogP) is 9.37. The Morgan fingerprint density at radius 3 is 1.26 bits per heavy atom. The number of hydrogen-bond donors (Lipinski definition) is 0. The average Bonchev–Trinajstić information content (AvgIpc) is 3.49. The van der Waals surface area contributed by atoms with E-state index in [0.29, 0.717) is 0 Å². The minimum absolute atomic E-state index is 0.722. The van der Waals surface area contributed by atoms with Gasteiger partial charge in [-0.25, -0.2) is 0 Å². The fourth-order valence-electron chi connectivity index (χ4n) is 5.26. The minimum Gasteiger partial charge on any atom is -0.411 e. The molecule has 0 atom stereocenters. The Morgan fingerprint density at radius 2 is 0.886 bits per heavy atom. The van der Waals surface area contributed by atoms with E-state index in [1.54, 1.807) is 11.1 Å². The Hall–Kier alpha value is -1.84. The first-order valence-electron chi connectivity index (χ1n) is 14.3. The van der Waals surface area contributed by atoms with Crippen molar-refractivity contribution in [2.75, 3.05) is 13.2 Å². The van der Waals surface area contributed by atoms with E-state index in [-0.39, 0.29) is 0 Å². The van der Waals surface area contributed by atoms with Gasteiger partial charge in [-0.1, -0.05) is 127 Å². The summed E-state index contributed by atoms with van der Waals surface area (Å²) in [5.41, 5.74) is 3.29. The van der Waals surface area contributed by atoms with Crippen LogP contribution in [0.2, 0.25) is 0 Å². The van der Waals surface area contributed by atoms with Crippen LogP contribution in [0.3, 0.4) is 0 Å². The second kappa shape index (κ2) is 16.8. The number of aryl methyl sites for hydroxylation is 2. The van der Waals surface area contributed by atoms with Crippen LogP contribution in [0, 0.1) is 0 Å². The van der Waals surface area contributed by atoms with Crippen molar-refractivity contribution in [1.82, 2.24) is 0 Å². The summed E-state index contributed by atoms with van der Waals surface area (Å²) in [6.07, 6.45) is 18.9. The first-order chi connectivity index (χ1) is 17.4. The maximum absolute atomic E-state index is 4.60. The first kappa shape index (κ1) is 27.7. The molecule has 0 aromatic heterocycles. The molecular formula is C32H46BO2. The lowest BCUT2D eigenvalue weighted by Gasteiger charge is -2.18. The molecule has 0 aliphatic carbocycles. The van der Waals surface area contributed by atoms with Crippen molar-refractivity contribution in [3.8, 4) is 0 Å². The smallest absolute Gasteiger partial charge is 0.411 e. The van der Waals surface area contributed by atoms with Crippen LogP contribution in [-0.4, -0.2) is 20.9 Å². The molecule has 3 aromatic carbocycles. The molecule has 0 saturated carbocycles. The normalized spacial score (nSPS) is 13.1. The van der Waals surface area contributed by atoms with Crippen molar-refractivity contribution in [3.05, 3.63) is 59.7 Å². The number of fused-ring (bicyclic) bond motifs is 3. The number of unbranched alkanes of at least 4 members (excludes halogenated alkanes) is 10. The molecule has 2 nitrogen and oxygen atoms in total. The van der Waals surface area contributed by atoms with Crippen LogP contribution in [0.5, 0.6) is 0 Å². The SMILES string of the molecule is CCCCCCCCc1c(CCCCCCCC)c2ccccc2c2ccccc12.[B]1OCCO1. The molecule has 1 saturated heterocycles. The van der Waals surface area contributed by atoms with Gasteiger partial charge in [0, 0.05) is 0 Å². The molecule has 1 heterocycles. The monoisotopic (exact) mass is 473 g/mol. The van der Waals surface area contributed by atoms with E-state index in [1.807, 2.05) is 0 Å². The van der Waals surface area contributed by atoms with Crippen LogP contribution in [0.15, 0.2) is 48.5 Å². The average molecular weight is 474 g/mol. The van der Waals surface area contributed by atoms with E-state index in [2.05, 4.69) is 71.7 Å². The molecule has 0 unspecified atom stereocenters. The Kier molecular flexibility index (Phi) is 13.3. The maximum atomic E-state index is 4.60. The van der Waals surface area contributed by atoms with Gasteiger partial charge in [0.15, 0.2) is 0 Å². The van der Waals surface area contributed by atoms with Gasteiger partial charge in [0.05, 0.1) is 13.2 Å². The largest absolute Gasteiger partial charge is 0.488 e. The first-order valence-corrected chi connectivity index (χ1v) is 14.3. The summed E-state index contributed by atoms with van der Waals surface area (Å²) in [5, 5.41) is 5.90. The molecule has 4 rings (SSSR count). The van der Waals surface area contributed by atoms with Gasteiger partial charge in [-0.3, -0.25) is 0 Å². The predicted molar refractivity (Wildman–Crippen MR) is 153 cm³/mol. The highest BCUT2D eigenvalue weighted by molar-refractivity contribution is 6.18. The highest BCUT2D eigenvalue weighted by atomic mass is 16.6. The van der Waals surface area contributed by atoms with E-state index in [0.717, 1.165) is 13.2 Å². The van der Waals surface area contributed by atoms with Gasteiger partial charge < -0.3 is 9.31 Å². The van der Waals surface area contributed by atoms with Crippen LogP contribution in [0.1, 0.15) is 102 Å². The van der Waals surface area contributed by atoms with Crippen LogP contribution < -0.4 is 0 Å². The van der Waals surface area contributed by atoms with Crippen LogP contribution in [0.4, 0.5) is 0 Å². The molecule has 189 valence electrons. The fraction of sp³-hybridized carbons (Fsp3) is 0.562. The van der Waals surface area contributed by atoms with Crippen molar-refractivity contribution in [1.29, 1.82) is 0 Å². The molecule has 1 fully saturated rings. The lowest BCUT2D eigenvalue weighted by atomic mass is 9.86. The van der Waals surface area contributed by atoms with Crippen LogP contribution in [-0.2, 0) is 22.2 Å². The molecule has 1 aliphatic heterocycles. The molecule has 1 radical (unpaired) electrons. The quantitative estimate of drug-likeness (QED) is 0.132. The van der Waals surface area contributed by atoms with E-state index in [4.69, 9.17) is 0 Å². The highest BCUT2D eigenvalue weighted by Gasteiger charge is 2.13. The van der Waals surface area contributed by atoms with Crippen LogP contribution in [0.25, 0.3) is 21.5 Å².